The number of amides is 1. The number of hydrogen-bond donors (Lipinski definition) is 0. The zero-order chi connectivity index (χ0) is 14.8. The molecule has 1 aromatic carbocycles. The van der Waals surface area contributed by atoms with Crippen LogP contribution in [0.5, 0.6) is 0 Å². The fraction of sp³-hybridized carbons (Fsp3) is 0.500. The van der Waals surface area contributed by atoms with Gasteiger partial charge in [-0.2, -0.15) is 0 Å². The molecule has 0 aromatic heterocycles. The van der Waals surface area contributed by atoms with E-state index in [-0.39, 0.29) is 17.6 Å². The molecule has 104 valence electrons. The summed E-state index contributed by atoms with van der Waals surface area (Å²) in [6, 6.07) is 7.28. The van der Waals surface area contributed by atoms with Gasteiger partial charge in [-0.1, -0.05) is 46.8 Å². The molecule has 0 heterocycles. The highest BCUT2D eigenvalue weighted by Crippen LogP contribution is 2.28. The molecule has 0 spiro atoms. The fourth-order valence-electron chi connectivity index (χ4n) is 1.87. The number of rotatable bonds is 3. The van der Waals surface area contributed by atoms with Crippen LogP contribution in [0.4, 0.5) is 5.69 Å². The maximum Gasteiger partial charge on any atom is 0.229 e. The van der Waals surface area contributed by atoms with E-state index in [1.165, 1.54) is 0 Å². The molecule has 19 heavy (non-hydrogen) atoms. The number of carbonyl (C=O) groups is 2. The molecule has 0 aliphatic rings. The minimum atomic E-state index is -0.460. The van der Waals surface area contributed by atoms with Crippen molar-refractivity contribution in [3.8, 4) is 0 Å². The van der Waals surface area contributed by atoms with Crippen molar-refractivity contribution in [2.45, 2.75) is 34.6 Å². The van der Waals surface area contributed by atoms with Crippen LogP contribution in [-0.2, 0) is 4.79 Å². The van der Waals surface area contributed by atoms with Crippen LogP contribution in [0, 0.1) is 11.3 Å². The van der Waals surface area contributed by atoms with Crippen molar-refractivity contribution in [2.24, 2.45) is 11.3 Å². The van der Waals surface area contributed by atoms with E-state index >= 15 is 0 Å². The SMILES string of the molecule is CC(C)C(=O)N(C)c1ccccc1C(=O)C(C)(C)C. The average molecular weight is 261 g/mol. The van der Waals surface area contributed by atoms with Crippen molar-refractivity contribution in [1.29, 1.82) is 0 Å². The van der Waals surface area contributed by atoms with Gasteiger partial charge in [0.1, 0.15) is 0 Å². The fourth-order valence-corrected chi connectivity index (χ4v) is 1.87. The predicted molar refractivity (Wildman–Crippen MR) is 78.5 cm³/mol. The number of ketones is 1. The number of carbonyl (C=O) groups excluding carboxylic acids is 2. The molecule has 0 unspecified atom stereocenters. The first kappa shape index (κ1) is 15.4. The van der Waals surface area contributed by atoms with E-state index in [2.05, 4.69) is 0 Å². The first-order valence-electron chi connectivity index (χ1n) is 6.57. The van der Waals surface area contributed by atoms with Crippen LogP contribution in [0.3, 0.4) is 0 Å². The Morgan fingerprint density at radius 3 is 2.11 bits per heavy atom. The Morgan fingerprint density at radius 1 is 1.11 bits per heavy atom. The zero-order valence-corrected chi connectivity index (χ0v) is 12.7. The summed E-state index contributed by atoms with van der Waals surface area (Å²) in [5.74, 6) is -0.0385. The number of nitrogens with zero attached hydrogens (tertiary/aromatic N) is 1. The molecule has 0 aliphatic carbocycles. The quantitative estimate of drug-likeness (QED) is 0.780. The summed E-state index contributed by atoms with van der Waals surface area (Å²) in [4.78, 5) is 26.1. The van der Waals surface area contributed by atoms with Crippen molar-refractivity contribution >= 4 is 17.4 Å². The van der Waals surface area contributed by atoms with Crippen LogP contribution in [0.15, 0.2) is 24.3 Å². The molecule has 0 saturated carbocycles. The molecule has 0 fully saturated rings. The van der Waals surface area contributed by atoms with Gasteiger partial charge >= 0.3 is 0 Å². The topological polar surface area (TPSA) is 37.4 Å². The van der Waals surface area contributed by atoms with E-state index in [0.717, 1.165) is 0 Å². The van der Waals surface area contributed by atoms with Crippen LogP contribution in [0.25, 0.3) is 0 Å². The highest BCUT2D eigenvalue weighted by Gasteiger charge is 2.27. The van der Waals surface area contributed by atoms with Crippen LogP contribution in [-0.4, -0.2) is 18.7 Å². The standard InChI is InChI=1S/C16H23NO2/c1-11(2)15(19)17(6)13-10-8-7-9-12(13)14(18)16(3,4)5/h7-11H,1-6H3. The molecule has 0 bridgehead atoms. The number of hydrogen-bond acceptors (Lipinski definition) is 2. The van der Waals surface area contributed by atoms with E-state index in [9.17, 15) is 9.59 Å². The maximum absolute atomic E-state index is 12.4. The van der Waals surface area contributed by atoms with Gasteiger partial charge in [0.15, 0.2) is 5.78 Å². The molecule has 0 aliphatic heterocycles. The first-order chi connectivity index (χ1) is 8.66. The molecule has 0 saturated heterocycles. The summed E-state index contributed by atoms with van der Waals surface area (Å²) in [6.45, 7) is 9.36. The molecule has 3 heteroatoms. The van der Waals surface area contributed by atoms with Crippen LogP contribution >= 0.6 is 0 Å². The monoisotopic (exact) mass is 261 g/mol. The van der Waals surface area contributed by atoms with Gasteiger partial charge in [0.2, 0.25) is 5.91 Å². The summed E-state index contributed by atoms with van der Waals surface area (Å²) in [6.07, 6.45) is 0. The lowest BCUT2D eigenvalue weighted by molar-refractivity contribution is -0.121. The lowest BCUT2D eigenvalue weighted by Crippen LogP contribution is -2.32. The van der Waals surface area contributed by atoms with Gasteiger partial charge in [-0.25, -0.2) is 0 Å². The van der Waals surface area contributed by atoms with Crippen molar-refractivity contribution in [1.82, 2.24) is 0 Å². The number of anilines is 1. The minimum Gasteiger partial charge on any atom is -0.315 e. The second-order valence-electron chi connectivity index (χ2n) is 6.15. The van der Waals surface area contributed by atoms with E-state index in [0.29, 0.717) is 11.3 Å². The maximum atomic E-state index is 12.4. The molecule has 0 atom stereocenters. The Morgan fingerprint density at radius 2 is 1.63 bits per heavy atom. The second-order valence-corrected chi connectivity index (χ2v) is 6.15. The highest BCUT2D eigenvalue weighted by atomic mass is 16.2. The zero-order valence-electron chi connectivity index (χ0n) is 12.7. The van der Waals surface area contributed by atoms with Gasteiger partial charge in [-0.3, -0.25) is 9.59 Å². The average Bonchev–Trinajstić information content (AvgIpc) is 2.34. The van der Waals surface area contributed by atoms with E-state index in [1.807, 2.05) is 52.8 Å². The lowest BCUT2D eigenvalue weighted by atomic mass is 9.85. The molecular formula is C16H23NO2. The number of Topliss-reactive ketones (excluding diaryl/α,β-unsaturated/α-hetero) is 1. The third kappa shape index (κ3) is 3.43. The minimum absolute atomic E-state index is 0.00848. The van der Waals surface area contributed by atoms with Crippen LogP contribution < -0.4 is 4.90 Å². The van der Waals surface area contributed by atoms with Gasteiger partial charge in [0.25, 0.3) is 0 Å². The van der Waals surface area contributed by atoms with Gasteiger partial charge in [-0.15, -0.1) is 0 Å². The molecule has 1 aromatic rings. The largest absolute Gasteiger partial charge is 0.315 e. The summed E-state index contributed by atoms with van der Waals surface area (Å²) in [7, 11) is 1.72. The molecule has 1 amide bonds. The summed E-state index contributed by atoms with van der Waals surface area (Å²) in [5.41, 5.74) is 0.824. The van der Waals surface area contributed by atoms with Crippen LogP contribution in [0.2, 0.25) is 0 Å². The van der Waals surface area contributed by atoms with E-state index in [1.54, 1.807) is 18.0 Å². The summed E-state index contributed by atoms with van der Waals surface area (Å²) < 4.78 is 0. The molecule has 3 nitrogen and oxygen atoms in total. The predicted octanol–water partition coefficient (Wildman–Crippen LogP) is 3.53. The third-order valence-corrected chi connectivity index (χ3v) is 3.02. The first-order valence-corrected chi connectivity index (χ1v) is 6.57. The molecule has 1 rings (SSSR count). The Kier molecular flexibility index (Phi) is 4.51. The molecule has 0 radical (unpaired) electrons. The summed E-state index contributed by atoms with van der Waals surface area (Å²) >= 11 is 0. The van der Waals surface area contributed by atoms with Crippen molar-refractivity contribution in [2.75, 3.05) is 11.9 Å². The second kappa shape index (κ2) is 5.55. The van der Waals surface area contributed by atoms with Gasteiger partial charge in [0.05, 0.1) is 5.69 Å². The molecule has 0 N–H and O–H groups in total. The highest BCUT2D eigenvalue weighted by molar-refractivity contribution is 6.07. The summed E-state index contributed by atoms with van der Waals surface area (Å²) in [5, 5.41) is 0. The smallest absolute Gasteiger partial charge is 0.229 e. The van der Waals surface area contributed by atoms with Gasteiger partial charge in [0, 0.05) is 23.9 Å². The lowest BCUT2D eigenvalue weighted by Gasteiger charge is -2.25. The Labute approximate surface area is 115 Å². The van der Waals surface area contributed by atoms with Crippen molar-refractivity contribution < 1.29 is 9.59 Å². The van der Waals surface area contributed by atoms with Crippen molar-refractivity contribution in [3.05, 3.63) is 29.8 Å². The van der Waals surface area contributed by atoms with E-state index in [4.69, 9.17) is 0 Å². The normalized spacial score (nSPS) is 11.5. The molecular weight excluding hydrogens is 238 g/mol. The van der Waals surface area contributed by atoms with Crippen LogP contribution in [0.1, 0.15) is 45.0 Å². The number of benzene rings is 1. The van der Waals surface area contributed by atoms with Crippen molar-refractivity contribution in [3.63, 3.8) is 0 Å². The Balaban J connectivity index is 3.24. The Hall–Kier alpha value is -1.64. The third-order valence-electron chi connectivity index (χ3n) is 3.02. The number of para-hydroxylation sites is 1. The van der Waals surface area contributed by atoms with E-state index < -0.39 is 5.41 Å². The Bertz CT molecular complexity index is 484. The van der Waals surface area contributed by atoms with Gasteiger partial charge < -0.3 is 4.90 Å². The van der Waals surface area contributed by atoms with Gasteiger partial charge in [-0.05, 0) is 12.1 Å².